The van der Waals surface area contributed by atoms with Crippen LogP contribution < -0.4 is 5.32 Å². The van der Waals surface area contributed by atoms with Gasteiger partial charge in [-0.2, -0.15) is 0 Å². The molecule has 1 N–H and O–H groups in total. The number of hydrogen-bond acceptors (Lipinski definition) is 3. The molecule has 3 atom stereocenters. The zero-order valence-electron chi connectivity index (χ0n) is 21.4. The molecule has 1 saturated carbocycles. The fourth-order valence-electron chi connectivity index (χ4n) is 5.59. The standard InChI is InChI=1S/C32H29F2N3O2/c33-24-18-29(37(19-24)30(38)17-22-8-4-10-28-26(22)9-5-15-35-28)32(39)36-31(21-6-2-1-3-7-21)23-13-14-25(20-11-12-20)27(34)16-23/h1-10,13-16,20,24,29,31H,11-12,17-19H2,(H,36,39). The number of aromatic nitrogens is 1. The van der Waals surface area contributed by atoms with Crippen molar-refractivity contribution in [3.05, 3.63) is 113 Å². The third kappa shape index (κ3) is 5.26. The molecule has 2 aliphatic rings. The van der Waals surface area contributed by atoms with Crippen LogP contribution in [-0.4, -0.2) is 40.5 Å². The van der Waals surface area contributed by atoms with E-state index in [1.54, 1.807) is 12.3 Å². The van der Waals surface area contributed by atoms with Gasteiger partial charge in [-0.25, -0.2) is 8.78 Å². The van der Waals surface area contributed by atoms with Gasteiger partial charge in [0, 0.05) is 18.0 Å². The quantitative estimate of drug-likeness (QED) is 0.340. The minimum Gasteiger partial charge on any atom is -0.343 e. The third-order valence-electron chi connectivity index (χ3n) is 7.75. The van der Waals surface area contributed by atoms with Crippen LogP contribution in [0.25, 0.3) is 10.9 Å². The number of fused-ring (bicyclic) bond motifs is 1. The van der Waals surface area contributed by atoms with Crippen LogP contribution in [0.4, 0.5) is 8.78 Å². The Morgan fingerprint density at radius 3 is 2.56 bits per heavy atom. The van der Waals surface area contributed by atoms with Crippen molar-refractivity contribution < 1.29 is 18.4 Å². The molecule has 5 nitrogen and oxygen atoms in total. The number of halogens is 2. The van der Waals surface area contributed by atoms with Gasteiger partial charge in [0.25, 0.3) is 0 Å². The Morgan fingerprint density at radius 1 is 0.974 bits per heavy atom. The van der Waals surface area contributed by atoms with Gasteiger partial charge in [-0.15, -0.1) is 0 Å². The molecular weight excluding hydrogens is 496 g/mol. The number of rotatable bonds is 7. The number of nitrogens with one attached hydrogen (secondary N) is 1. The lowest BCUT2D eigenvalue weighted by Crippen LogP contribution is -2.47. The molecule has 7 heteroatoms. The second-order valence-corrected chi connectivity index (χ2v) is 10.5. The highest BCUT2D eigenvalue weighted by Gasteiger charge is 2.40. The summed E-state index contributed by atoms with van der Waals surface area (Å²) >= 11 is 0. The van der Waals surface area contributed by atoms with Crippen molar-refractivity contribution in [2.45, 2.75) is 49.9 Å². The molecule has 0 bridgehead atoms. The van der Waals surface area contributed by atoms with E-state index in [0.29, 0.717) is 11.1 Å². The van der Waals surface area contributed by atoms with E-state index < -0.39 is 24.2 Å². The fraction of sp³-hybridized carbons (Fsp3) is 0.281. The van der Waals surface area contributed by atoms with Crippen molar-refractivity contribution in [2.24, 2.45) is 0 Å². The van der Waals surface area contributed by atoms with E-state index in [4.69, 9.17) is 0 Å². The predicted octanol–water partition coefficient (Wildman–Crippen LogP) is 5.64. The van der Waals surface area contributed by atoms with Gasteiger partial charge < -0.3 is 10.2 Å². The summed E-state index contributed by atoms with van der Waals surface area (Å²) in [6.07, 6.45) is 2.32. The molecule has 0 spiro atoms. The highest BCUT2D eigenvalue weighted by Crippen LogP contribution is 2.42. The van der Waals surface area contributed by atoms with Gasteiger partial charge in [-0.05, 0) is 59.2 Å². The number of hydrogen-bond donors (Lipinski definition) is 1. The molecule has 0 radical (unpaired) electrons. The zero-order valence-corrected chi connectivity index (χ0v) is 21.4. The second kappa shape index (κ2) is 10.6. The Kier molecular flexibility index (Phi) is 6.81. The lowest BCUT2D eigenvalue weighted by molar-refractivity contribution is -0.138. The molecular formula is C32H29F2N3O2. The van der Waals surface area contributed by atoms with Crippen molar-refractivity contribution in [3.63, 3.8) is 0 Å². The maximum atomic E-state index is 15.0. The van der Waals surface area contributed by atoms with Gasteiger partial charge in [-0.3, -0.25) is 14.6 Å². The third-order valence-corrected chi connectivity index (χ3v) is 7.75. The number of carbonyl (C=O) groups is 2. The summed E-state index contributed by atoms with van der Waals surface area (Å²) in [5, 5.41) is 3.86. The van der Waals surface area contributed by atoms with Crippen LogP contribution in [0.5, 0.6) is 0 Å². The van der Waals surface area contributed by atoms with Gasteiger partial charge in [-0.1, -0.05) is 60.7 Å². The second-order valence-electron chi connectivity index (χ2n) is 10.5. The summed E-state index contributed by atoms with van der Waals surface area (Å²) in [7, 11) is 0. The number of benzene rings is 3. The predicted molar refractivity (Wildman–Crippen MR) is 145 cm³/mol. The van der Waals surface area contributed by atoms with E-state index in [9.17, 15) is 18.4 Å². The van der Waals surface area contributed by atoms with E-state index in [-0.39, 0.29) is 37.0 Å². The minimum absolute atomic E-state index is 0.0372. The molecule has 39 heavy (non-hydrogen) atoms. The van der Waals surface area contributed by atoms with Crippen LogP contribution in [0.2, 0.25) is 0 Å². The van der Waals surface area contributed by atoms with Crippen molar-refractivity contribution in [1.82, 2.24) is 15.2 Å². The number of carbonyl (C=O) groups excluding carboxylic acids is 2. The van der Waals surface area contributed by atoms with Gasteiger partial charge in [0.15, 0.2) is 0 Å². The maximum Gasteiger partial charge on any atom is 0.243 e. The molecule has 2 heterocycles. The number of nitrogens with zero attached hydrogens (tertiary/aromatic N) is 2. The summed E-state index contributed by atoms with van der Waals surface area (Å²) in [6, 6.07) is 22.1. The van der Waals surface area contributed by atoms with E-state index in [1.165, 1.54) is 11.0 Å². The lowest BCUT2D eigenvalue weighted by atomic mass is 9.96. The number of pyridine rings is 1. The Labute approximate surface area is 225 Å². The van der Waals surface area contributed by atoms with Crippen molar-refractivity contribution in [2.75, 3.05) is 6.54 Å². The molecule has 2 fully saturated rings. The average molecular weight is 526 g/mol. The average Bonchev–Trinajstić information content (AvgIpc) is 3.72. The van der Waals surface area contributed by atoms with Gasteiger partial charge in [0.2, 0.25) is 11.8 Å². The van der Waals surface area contributed by atoms with E-state index in [1.807, 2.05) is 66.7 Å². The number of amides is 2. The fourth-order valence-corrected chi connectivity index (χ4v) is 5.59. The monoisotopic (exact) mass is 525 g/mol. The van der Waals surface area contributed by atoms with Crippen LogP contribution in [0.1, 0.15) is 53.5 Å². The minimum atomic E-state index is -1.30. The Hall–Kier alpha value is -4.13. The van der Waals surface area contributed by atoms with Gasteiger partial charge in [0.05, 0.1) is 24.5 Å². The summed E-state index contributed by atoms with van der Waals surface area (Å²) in [5.74, 6) is -0.788. The molecule has 1 saturated heterocycles. The largest absolute Gasteiger partial charge is 0.343 e. The molecule has 2 amide bonds. The van der Waals surface area contributed by atoms with Crippen molar-refractivity contribution in [1.29, 1.82) is 0 Å². The van der Waals surface area contributed by atoms with E-state index in [2.05, 4.69) is 10.3 Å². The first kappa shape index (κ1) is 25.2. The Balaban J connectivity index is 1.25. The molecule has 1 aromatic heterocycles. The SMILES string of the molecule is O=C(NC(c1ccccc1)c1ccc(C2CC2)c(F)c1)C1CC(F)CN1C(=O)Cc1cccc2ncccc12. The molecule has 1 aliphatic carbocycles. The number of alkyl halides is 1. The molecule has 1 aliphatic heterocycles. The smallest absolute Gasteiger partial charge is 0.243 e. The normalized spacial score (nSPS) is 19.7. The van der Waals surface area contributed by atoms with Gasteiger partial charge >= 0.3 is 0 Å². The van der Waals surface area contributed by atoms with Crippen LogP contribution in [-0.2, 0) is 16.0 Å². The molecule has 6 rings (SSSR count). The van der Waals surface area contributed by atoms with Crippen LogP contribution in [0.15, 0.2) is 85.1 Å². The molecule has 3 aromatic carbocycles. The summed E-state index contributed by atoms with van der Waals surface area (Å²) in [4.78, 5) is 32.7. The highest BCUT2D eigenvalue weighted by molar-refractivity contribution is 5.92. The maximum absolute atomic E-state index is 15.0. The highest BCUT2D eigenvalue weighted by atomic mass is 19.1. The van der Waals surface area contributed by atoms with Crippen LogP contribution in [0, 0.1) is 5.82 Å². The lowest BCUT2D eigenvalue weighted by Gasteiger charge is -2.27. The number of likely N-dealkylation sites (tertiary alicyclic amines) is 1. The van der Waals surface area contributed by atoms with Crippen molar-refractivity contribution in [3.8, 4) is 0 Å². The Morgan fingerprint density at radius 2 is 1.79 bits per heavy atom. The zero-order chi connectivity index (χ0) is 26.9. The Bertz CT molecular complexity index is 1520. The topological polar surface area (TPSA) is 62.3 Å². The summed E-state index contributed by atoms with van der Waals surface area (Å²) in [6.45, 7) is -0.138. The van der Waals surface area contributed by atoms with E-state index >= 15 is 0 Å². The molecule has 4 aromatic rings. The van der Waals surface area contributed by atoms with E-state index in [0.717, 1.165) is 34.9 Å². The van der Waals surface area contributed by atoms with Crippen LogP contribution in [0.3, 0.4) is 0 Å². The first-order valence-electron chi connectivity index (χ1n) is 13.4. The molecule has 198 valence electrons. The molecule has 3 unspecified atom stereocenters. The summed E-state index contributed by atoms with van der Waals surface area (Å²) in [5.41, 5.74) is 3.63. The van der Waals surface area contributed by atoms with Crippen LogP contribution >= 0.6 is 0 Å². The first-order chi connectivity index (χ1) is 19.0. The summed E-state index contributed by atoms with van der Waals surface area (Å²) < 4.78 is 29.6. The van der Waals surface area contributed by atoms with Crippen molar-refractivity contribution >= 4 is 22.7 Å². The first-order valence-corrected chi connectivity index (χ1v) is 13.4. The van der Waals surface area contributed by atoms with Gasteiger partial charge in [0.1, 0.15) is 18.0 Å².